The van der Waals surface area contributed by atoms with E-state index in [1.807, 2.05) is 0 Å². The van der Waals surface area contributed by atoms with Gasteiger partial charge in [-0.3, -0.25) is 4.79 Å². The highest BCUT2D eigenvalue weighted by molar-refractivity contribution is 5.93. The van der Waals surface area contributed by atoms with Gasteiger partial charge in [-0.1, -0.05) is 6.07 Å². The van der Waals surface area contributed by atoms with Crippen molar-refractivity contribution in [2.75, 3.05) is 19.7 Å². The predicted molar refractivity (Wildman–Crippen MR) is 56.5 cm³/mol. The Kier molecular flexibility index (Phi) is 3.17. The SMILES string of the molecule is NC(=O)c1ccc(C2CNCCO2)cc1F. The molecule has 1 aliphatic rings. The minimum atomic E-state index is -0.758. The first-order valence-corrected chi connectivity index (χ1v) is 5.10. The molecule has 0 saturated carbocycles. The van der Waals surface area contributed by atoms with Gasteiger partial charge in [-0.2, -0.15) is 0 Å². The van der Waals surface area contributed by atoms with E-state index >= 15 is 0 Å². The summed E-state index contributed by atoms with van der Waals surface area (Å²) in [4.78, 5) is 10.8. The van der Waals surface area contributed by atoms with Crippen LogP contribution in [0.25, 0.3) is 0 Å². The van der Waals surface area contributed by atoms with Crippen LogP contribution >= 0.6 is 0 Å². The Labute approximate surface area is 92.6 Å². The van der Waals surface area contributed by atoms with Gasteiger partial charge >= 0.3 is 0 Å². The first-order valence-electron chi connectivity index (χ1n) is 5.10. The number of hydrogen-bond acceptors (Lipinski definition) is 3. The number of carbonyl (C=O) groups is 1. The highest BCUT2D eigenvalue weighted by atomic mass is 19.1. The molecule has 1 amide bonds. The summed E-state index contributed by atoms with van der Waals surface area (Å²) in [7, 11) is 0. The zero-order valence-corrected chi connectivity index (χ0v) is 8.70. The quantitative estimate of drug-likeness (QED) is 0.772. The molecule has 1 atom stereocenters. The lowest BCUT2D eigenvalue weighted by Crippen LogP contribution is -2.33. The number of benzene rings is 1. The Hall–Kier alpha value is -1.46. The molecule has 0 radical (unpaired) electrons. The molecule has 0 bridgehead atoms. The van der Waals surface area contributed by atoms with Crippen LogP contribution in [0.4, 0.5) is 4.39 Å². The summed E-state index contributed by atoms with van der Waals surface area (Å²) in [6.07, 6.45) is -0.162. The molecule has 1 aromatic rings. The molecule has 2 rings (SSSR count). The van der Waals surface area contributed by atoms with E-state index in [1.54, 1.807) is 6.07 Å². The van der Waals surface area contributed by atoms with Crippen molar-refractivity contribution in [3.63, 3.8) is 0 Å². The molecule has 86 valence electrons. The number of nitrogens with one attached hydrogen (secondary N) is 1. The van der Waals surface area contributed by atoms with Gasteiger partial charge in [0.15, 0.2) is 0 Å². The van der Waals surface area contributed by atoms with E-state index in [4.69, 9.17) is 10.5 Å². The van der Waals surface area contributed by atoms with E-state index in [1.165, 1.54) is 12.1 Å². The van der Waals surface area contributed by atoms with Crippen molar-refractivity contribution in [1.82, 2.24) is 5.32 Å². The lowest BCUT2D eigenvalue weighted by Gasteiger charge is -2.24. The molecule has 5 heteroatoms. The number of morpholine rings is 1. The Morgan fingerprint density at radius 1 is 1.56 bits per heavy atom. The second kappa shape index (κ2) is 4.59. The molecule has 1 heterocycles. The van der Waals surface area contributed by atoms with Crippen molar-refractivity contribution in [2.45, 2.75) is 6.10 Å². The molecule has 1 aliphatic heterocycles. The first kappa shape index (κ1) is 11.0. The Bertz CT molecular complexity index is 403. The fourth-order valence-electron chi connectivity index (χ4n) is 1.71. The van der Waals surface area contributed by atoms with Crippen LogP contribution in [0.5, 0.6) is 0 Å². The van der Waals surface area contributed by atoms with Gasteiger partial charge in [0.25, 0.3) is 5.91 Å². The monoisotopic (exact) mass is 224 g/mol. The zero-order valence-electron chi connectivity index (χ0n) is 8.70. The van der Waals surface area contributed by atoms with E-state index in [-0.39, 0.29) is 11.7 Å². The summed E-state index contributed by atoms with van der Waals surface area (Å²) in [5.41, 5.74) is 5.65. The molecule has 1 aromatic carbocycles. The van der Waals surface area contributed by atoms with Crippen molar-refractivity contribution in [3.05, 3.63) is 35.1 Å². The average molecular weight is 224 g/mol. The minimum absolute atomic E-state index is 0.0903. The van der Waals surface area contributed by atoms with Gasteiger partial charge in [0, 0.05) is 13.1 Å². The second-order valence-electron chi connectivity index (χ2n) is 3.67. The maximum absolute atomic E-state index is 13.5. The van der Waals surface area contributed by atoms with Crippen molar-refractivity contribution >= 4 is 5.91 Å². The van der Waals surface area contributed by atoms with Crippen LogP contribution in [0.15, 0.2) is 18.2 Å². The van der Waals surface area contributed by atoms with Gasteiger partial charge in [-0.15, -0.1) is 0 Å². The topological polar surface area (TPSA) is 64.4 Å². The normalized spacial score (nSPS) is 20.7. The molecule has 0 aromatic heterocycles. The number of ether oxygens (including phenoxy) is 1. The number of rotatable bonds is 2. The Balaban J connectivity index is 2.23. The van der Waals surface area contributed by atoms with Crippen LogP contribution in [0.1, 0.15) is 22.0 Å². The summed E-state index contributed by atoms with van der Waals surface area (Å²) in [5.74, 6) is -1.36. The molecule has 0 spiro atoms. The Morgan fingerprint density at radius 3 is 2.94 bits per heavy atom. The number of halogens is 1. The van der Waals surface area contributed by atoms with Crippen LogP contribution in [-0.4, -0.2) is 25.6 Å². The molecule has 0 aliphatic carbocycles. The summed E-state index contributed by atoms with van der Waals surface area (Å²) in [5, 5.41) is 3.15. The van der Waals surface area contributed by atoms with Gasteiger partial charge in [0.1, 0.15) is 5.82 Å². The van der Waals surface area contributed by atoms with Crippen molar-refractivity contribution in [2.24, 2.45) is 5.73 Å². The van der Waals surface area contributed by atoms with Crippen LogP contribution in [0.2, 0.25) is 0 Å². The standard InChI is InChI=1S/C11H13FN2O2/c12-9-5-7(1-2-8(9)11(13)15)10-6-14-3-4-16-10/h1-2,5,10,14H,3-4,6H2,(H2,13,15). The smallest absolute Gasteiger partial charge is 0.251 e. The fourth-order valence-corrected chi connectivity index (χ4v) is 1.71. The van der Waals surface area contributed by atoms with E-state index in [9.17, 15) is 9.18 Å². The highest BCUT2D eigenvalue weighted by Gasteiger charge is 2.18. The summed E-state index contributed by atoms with van der Waals surface area (Å²) < 4.78 is 19.0. The van der Waals surface area contributed by atoms with Crippen LogP contribution in [0, 0.1) is 5.82 Å². The van der Waals surface area contributed by atoms with Gasteiger partial charge in [-0.25, -0.2) is 4.39 Å². The largest absolute Gasteiger partial charge is 0.371 e. The third-order valence-corrected chi connectivity index (χ3v) is 2.56. The minimum Gasteiger partial charge on any atom is -0.371 e. The molecule has 3 N–H and O–H groups in total. The van der Waals surface area contributed by atoms with Gasteiger partial charge in [-0.05, 0) is 17.7 Å². The van der Waals surface area contributed by atoms with Gasteiger partial charge in [0.05, 0.1) is 18.3 Å². The third-order valence-electron chi connectivity index (χ3n) is 2.56. The highest BCUT2D eigenvalue weighted by Crippen LogP contribution is 2.21. The number of carbonyl (C=O) groups excluding carboxylic acids is 1. The molecular weight excluding hydrogens is 211 g/mol. The second-order valence-corrected chi connectivity index (χ2v) is 3.67. The van der Waals surface area contributed by atoms with Crippen molar-refractivity contribution < 1.29 is 13.9 Å². The molecular formula is C11H13FN2O2. The van der Waals surface area contributed by atoms with Crippen molar-refractivity contribution in [3.8, 4) is 0 Å². The predicted octanol–water partition coefficient (Wildman–Crippen LogP) is 0.585. The first-order chi connectivity index (χ1) is 7.68. The van der Waals surface area contributed by atoms with E-state index in [0.717, 1.165) is 12.1 Å². The molecule has 4 nitrogen and oxygen atoms in total. The summed E-state index contributed by atoms with van der Waals surface area (Å²) >= 11 is 0. The van der Waals surface area contributed by atoms with Crippen LogP contribution in [-0.2, 0) is 4.74 Å². The maximum Gasteiger partial charge on any atom is 0.251 e. The zero-order chi connectivity index (χ0) is 11.5. The van der Waals surface area contributed by atoms with Gasteiger partial charge < -0.3 is 15.8 Å². The Morgan fingerprint density at radius 2 is 2.38 bits per heavy atom. The fraction of sp³-hybridized carbons (Fsp3) is 0.364. The molecule has 1 saturated heterocycles. The number of nitrogens with two attached hydrogens (primary N) is 1. The van der Waals surface area contributed by atoms with E-state index in [2.05, 4.69) is 5.32 Å². The van der Waals surface area contributed by atoms with Crippen LogP contribution in [0.3, 0.4) is 0 Å². The van der Waals surface area contributed by atoms with Crippen molar-refractivity contribution in [1.29, 1.82) is 0 Å². The average Bonchev–Trinajstić information content (AvgIpc) is 2.29. The molecule has 1 fully saturated rings. The molecule has 16 heavy (non-hydrogen) atoms. The maximum atomic E-state index is 13.5. The summed E-state index contributed by atoms with van der Waals surface area (Å²) in [6, 6.07) is 4.36. The van der Waals surface area contributed by atoms with Gasteiger partial charge in [0.2, 0.25) is 0 Å². The van der Waals surface area contributed by atoms with E-state index < -0.39 is 11.7 Å². The lowest BCUT2D eigenvalue weighted by atomic mass is 10.1. The van der Waals surface area contributed by atoms with Crippen LogP contribution < -0.4 is 11.1 Å². The number of primary amides is 1. The lowest BCUT2D eigenvalue weighted by molar-refractivity contribution is 0.0275. The van der Waals surface area contributed by atoms with E-state index in [0.29, 0.717) is 13.2 Å². The molecule has 1 unspecified atom stereocenters. The number of amides is 1. The number of hydrogen-bond donors (Lipinski definition) is 2. The third kappa shape index (κ3) is 2.20. The summed E-state index contributed by atoms with van der Waals surface area (Å²) in [6.45, 7) is 2.05.